The summed E-state index contributed by atoms with van der Waals surface area (Å²) in [4.78, 5) is 11.7. The van der Waals surface area contributed by atoms with Crippen LogP contribution in [0.25, 0.3) is 0 Å². The minimum atomic E-state index is -3.82. The van der Waals surface area contributed by atoms with Crippen molar-refractivity contribution >= 4 is 27.3 Å². The van der Waals surface area contributed by atoms with E-state index in [2.05, 4.69) is 15.1 Å². The first-order chi connectivity index (χ1) is 11.2. The van der Waals surface area contributed by atoms with Crippen LogP contribution in [-0.4, -0.2) is 30.2 Å². The summed E-state index contributed by atoms with van der Waals surface area (Å²) in [5.74, 6) is 0.124. The Morgan fingerprint density at radius 2 is 2.04 bits per heavy atom. The molecule has 0 fully saturated rings. The number of hydrogen-bond acceptors (Lipinski definition) is 5. The standard InChI is InChI=1S/C15H18N4O4S/c1-8-14(9(2)19(4)17-8)18-24(21,22)11-5-6-13-12(7-11)16-15(20)10(3)23-13/h5-7,10,18H,1-4H3,(H,16,20)/t10-/m1/s1. The van der Waals surface area contributed by atoms with Crippen molar-refractivity contribution in [2.45, 2.75) is 31.8 Å². The van der Waals surface area contributed by atoms with Crippen molar-refractivity contribution in [3.05, 3.63) is 29.6 Å². The summed E-state index contributed by atoms with van der Waals surface area (Å²) in [7, 11) is -2.08. The summed E-state index contributed by atoms with van der Waals surface area (Å²) in [6.45, 7) is 5.13. The number of amides is 1. The monoisotopic (exact) mass is 350 g/mol. The predicted molar refractivity (Wildman–Crippen MR) is 88.7 cm³/mol. The number of nitrogens with one attached hydrogen (secondary N) is 2. The molecule has 0 saturated heterocycles. The Labute approximate surface area is 139 Å². The maximum absolute atomic E-state index is 12.6. The molecule has 9 heteroatoms. The third-order valence-electron chi connectivity index (χ3n) is 3.94. The molecule has 8 nitrogen and oxygen atoms in total. The average molecular weight is 350 g/mol. The van der Waals surface area contributed by atoms with Gasteiger partial charge in [-0.2, -0.15) is 5.10 Å². The van der Waals surface area contributed by atoms with E-state index >= 15 is 0 Å². The molecule has 0 unspecified atom stereocenters. The Bertz CT molecular complexity index is 933. The summed E-state index contributed by atoms with van der Waals surface area (Å²) in [5.41, 5.74) is 2.08. The number of sulfonamides is 1. The molecule has 1 atom stereocenters. The third kappa shape index (κ3) is 2.71. The van der Waals surface area contributed by atoms with Gasteiger partial charge in [0.05, 0.1) is 27.7 Å². The van der Waals surface area contributed by atoms with E-state index in [1.165, 1.54) is 18.2 Å². The average Bonchev–Trinajstić information content (AvgIpc) is 2.74. The number of hydrogen-bond donors (Lipinski definition) is 2. The predicted octanol–water partition coefficient (Wildman–Crippen LogP) is 1.56. The van der Waals surface area contributed by atoms with Crippen LogP contribution >= 0.6 is 0 Å². The van der Waals surface area contributed by atoms with E-state index in [0.29, 0.717) is 28.5 Å². The Morgan fingerprint density at radius 1 is 1.33 bits per heavy atom. The number of benzene rings is 1. The molecule has 0 saturated carbocycles. The molecule has 1 amide bonds. The molecule has 24 heavy (non-hydrogen) atoms. The number of fused-ring (bicyclic) bond motifs is 1. The molecule has 128 valence electrons. The number of carbonyl (C=O) groups excluding carboxylic acids is 1. The van der Waals surface area contributed by atoms with E-state index in [9.17, 15) is 13.2 Å². The van der Waals surface area contributed by atoms with E-state index in [1.807, 2.05) is 0 Å². The quantitative estimate of drug-likeness (QED) is 0.874. The van der Waals surface area contributed by atoms with Crippen LogP contribution in [0.15, 0.2) is 23.1 Å². The van der Waals surface area contributed by atoms with Gasteiger partial charge in [-0.1, -0.05) is 0 Å². The summed E-state index contributed by atoms with van der Waals surface area (Å²) in [6, 6.07) is 4.34. The molecule has 0 radical (unpaired) electrons. The van der Waals surface area contributed by atoms with Crippen LogP contribution in [0.1, 0.15) is 18.3 Å². The lowest BCUT2D eigenvalue weighted by atomic mass is 10.2. The van der Waals surface area contributed by atoms with Gasteiger partial charge in [0.1, 0.15) is 5.75 Å². The molecule has 0 spiro atoms. The molecular weight excluding hydrogens is 332 g/mol. The van der Waals surface area contributed by atoms with Gasteiger partial charge in [0.2, 0.25) is 0 Å². The molecule has 2 aromatic rings. The molecule has 0 aliphatic carbocycles. The second kappa shape index (κ2) is 5.52. The fourth-order valence-corrected chi connectivity index (χ4v) is 3.67. The number of nitrogens with zero attached hydrogens (tertiary/aromatic N) is 2. The van der Waals surface area contributed by atoms with Crippen LogP contribution in [-0.2, 0) is 21.9 Å². The van der Waals surface area contributed by atoms with Crippen LogP contribution in [0.3, 0.4) is 0 Å². The second-order valence-electron chi connectivity index (χ2n) is 5.68. The zero-order valence-electron chi connectivity index (χ0n) is 13.7. The Balaban J connectivity index is 1.96. The first-order valence-corrected chi connectivity index (χ1v) is 8.82. The lowest BCUT2D eigenvalue weighted by Crippen LogP contribution is -2.34. The van der Waals surface area contributed by atoms with Crippen LogP contribution in [0, 0.1) is 13.8 Å². The maximum atomic E-state index is 12.6. The summed E-state index contributed by atoms with van der Waals surface area (Å²) >= 11 is 0. The number of carbonyl (C=O) groups is 1. The third-order valence-corrected chi connectivity index (χ3v) is 5.29. The molecule has 3 rings (SSSR count). The van der Waals surface area contributed by atoms with E-state index in [-0.39, 0.29) is 10.8 Å². The van der Waals surface area contributed by atoms with Crippen molar-refractivity contribution in [2.75, 3.05) is 10.0 Å². The Hall–Kier alpha value is -2.55. The van der Waals surface area contributed by atoms with E-state index in [1.54, 1.807) is 32.5 Å². The maximum Gasteiger partial charge on any atom is 0.265 e. The first-order valence-electron chi connectivity index (χ1n) is 7.33. The number of anilines is 2. The summed E-state index contributed by atoms with van der Waals surface area (Å²) in [6.07, 6.45) is -0.612. The van der Waals surface area contributed by atoms with Gasteiger partial charge in [-0.15, -0.1) is 0 Å². The fraction of sp³-hybridized carbons (Fsp3) is 0.333. The zero-order valence-corrected chi connectivity index (χ0v) is 14.6. The highest BCUT2D eigenvalue weighted by Crippen LogP contribution is 2.32. The van der Waals surface area contributed by atoms with Crippen LogP contribution in [0.5, 0.6) is 5.75 Å². The van der Waals surface area contributed by atoms with Gasteiger partial charge >= 0.3 is 0 Å². The van der Waals surface area contributed by atoms with Crippen molar-refractivity contribution in [3.8, 4) is 5.75 Å². The molecule has 0 bridgehead atoms. The fourth-order valence-electron chi connectivity index (χ4n) is 2.47. The minimum Gasteiger partial charge on any atom is -0.479 e. The molecule has 1 aliphatic heterocycles. The highest BCUT2D eigenvalue weighted by molar-refractivity contribution is 7.92. The van der Waals surface area contributed by atoms with Crippen molar-refractivity contribution in [1.82, 2.24) is 9.78 Å². The molecule has 2 N–H and O–H groups in total. The van der Waals surface area contributed by atoms with Gasteiger partial charge in [0.15, 0.2) is 6.10 Å². The van der Waals surface area contributed by atoms with Crippen LogP contribution < -0.4 is 14.8 Å². The lowest BCUT2D eigenvalue weighted by Gasteiger charge is -2.23. The number of rotatable bonds is 3. The zero-order chi connectivity index (χ0) is 17.6. The number of ether oxygens (including phenoxy) is 1. The largest absolute Gasteiger partial charge is 0.479 e. The smallest absolute Gasteiger partial charge is 0.265 e. The summed E-state index contributed by atoms with van der Waals surface area (Å²) < 4.78 is 34.9. The first kappa shape index (κ1) is 16.3. The SMILES string of the molecule is Cc1nn(C)c(C)c1NS(=O)(=O)c1ccc2c(c1)NC(=O)[C@@H](C)O2. The Kier molecular flexibility index (Phi) is 3.75. The topological polar surface area (TPSA) is 102 Å². The highest BCUT2D eigenvalue weighted by atomic mass is 32.2. The van der Waals surface area contributed by atoms with E-state index in [0.717, 1.165) is 0 Å². The summed E-state index contributed by atoms with van der Waals surface area (Å²) in [5, 5.41) is 6.83. The molecule has 1 aromatic heterocycles. The molecular formula is C15H18N4O4S. The van der Waals surface area contributed by atoms with E-state index in [4.69, 9.17) is 4.74 Å². The van der Waals surface area contributed by atoms with Crippen LogP contribution in [0.4, 0.5) is 11.4 Å². The number of aromatic nitrogens is 2. The van der Waals surface area contributed by atoms with Crippen LogP contribution in [0.2, 0.25) is 0 Å². The van der Waals surface area contributed by atoms with Gasteiger partial charge in [-0.05, 0) is 39.0 Å². The normalized spacial score (nSPS) is 17.0. The van der Waals surface area contributed by atoms with Crippen molar-refractivity contribution in [3.63, 3.8) is 0 Å². The second-order valence-corrected chi connectivity index (χ2v) is 7.36. The van der Waals surface area contributed by atoms with Crippen molar-refractivity contribution in [2.24, 2.45) is 7.05 Å². The van der Waals surface area contributed by atoms with Gasteiger partial charge in [-0.25, -0.2) is 8.42 Å². The minimum absolute atomic E-state index is 0.0300. The lowest BCUT2D eigenvalue weighted by molar-refractivity contribution is -0.122. The van der Waals surface area contributed by atoms with Crippen molar-refractivity contribution in [1.29, 1.82) is 0 Å². The Morgan fingerprint density at radius 3 is 2.67 bits per heavy atom. The van der Waals surface area contributed by atoms with Gasteiger partial charge in [0.25, 0.3) is 15.9 Å². The molecule has 1 aromatic carbocycles. The van der Waals surface area contributed by atoms with E-state index < -0.39 is 16.1 Å². The number of aryl methyl sites for hydroxylation is 2. The highest BCUT2D eigenvalue weighted by Gasteiger charge is 2.26. The van der Waals surface area contributed by atoms with Crippen molar-refractivity contribution < 1.29 is 17.9 Å². The van der Waals surface area contributed by atoms with Gasteiger partial charge in [-0.3, -0.25) is 14.2 Å². The molecule has 1 aliphatic rings. The van der Waals surface area contributed by atoms with Gasteiger partial charge < -0.3 is 10.1 Å². The van der Waals surface area contributed by atoms with Gasteiger partial charge in [0, 0.05) is 7.05 Å². The molecule has 2 heterocycles.